The van der Waals surface area contributed by atoms with Gasteiger partial charge in [-0.25, -0.2) is 4.79 Å². The van der Waals surface area contributed by atoms with Gasteiger partial charge in [-0.05, 0) is 32.8 Å². The number of carbonyl (C=O) groups is 1. The van der Waals surface area contributed by atoms with Crippen LogP contribution in [0.4, 0.5) is 0 Å². The lowest BCUT2D eigenvalue weighted by Crippen LogP contribution is -2.37. The van der Waals surface area contributed by atoms with E-state index in [-0.39, 0.29) is 12.7 Å². The first-order chi connectivity index (χ1) is 9.58. The van der Waals surface area contributed by atoms with E-state index in [0.29, 0.717) is 0 Å². The average molecular weight is 281 g/mol. The van der Waals surface area contributed by atoms with Gasteiger partial charge in [0.15, 0.2) is 0 Å². The molecule has 20 heavy (non-hydrogen) atoms. The molecule has 2 heterocycles. The standard InChI is InChI=1S/C14H23N3O3/c1-3-17-12(8-11(2)15-17)9-16-6-4-13(5-7-16)20-10-14(18)19/h8,13H,3-7,9-10H2,1-2H3,(H,18,19). The van der Waals surface area contributed by atoms with Gasteiger partial charge < -0.3 is 9.84 Å². The predicted molar refractivity (Wildman–Crippen MR) is 74.5 cm³/mol. The maximum Gasteiger partial charge on any atom is 0.329 e. The fourth-order valence-electron chi connectivity index (χ4n) is 2.65. The fourth-order valence-corrected chi connectivity index (χ4v) is 2.65. The Kier molecular flexibility index (Phi) is 5.14. The van der Waals surface area contributed by atoms with Crippen LogP contribution in [0, 0.1) is 6.92 Å². The highest BCUT2D eigenvalue weighted by molar-refractivity contribution is 5.68. The Bertz CT molecular complexity index is 451. The second-order valence-corrected chi connectivity index (χ2v) is 5.27. The molecular weight excluding hydrogens is 258 g/mol. The Morgan fingerprint density at radius 3 is 2.80 bits per heavy atom. The molecule has 0 radical (unpaired) electrons. The fraction of sp³-hybridized carbons (Fsp3) is 0.714. The molecule has 1 aliphatic rings. The maximum absolute atomic E-state index is 10.5. The summed E-state index contributed by atoms with van der Waals surface area (Å²) in [5.41, 5.74) is 2.30. The number of rotatable bonds is 6. The molecule has 112 valence electrons. The van der Waals surface area contributed by atoms with E-state index in [2.05, 4.69) is 23.0 Å². The molecular formula is C14H23N3O3. The maximum atomic E-state index is 10.5. The summed E-state index contributed by atoms with van der Waals surface area (Å²) in [7, 11) is 0. The predicted octanol–water partition coefficient (Wildman–Crippen LogP) is 1.28. The number of piperidine rings is 1. The third-order valence-electron chi connectivity index (χ3n) is 3.65. The molecule has 1 N–H and O–H groups in total. The first-order valence-electron chi connectivity index (χ1n) is 7.17. The van der Waals surface area contributed by atoms with Crippen LogP contribution in [0.15, 0.2) is 6.07 Å². The number of aliphatic carboxylic acids is 1. The number of aromatic nitrogens is 2. The van der Waals surface area contributed by atoms with Crippen molar-refractivity contribution in [3.05, 3.63) is 17.5 Å². The SMILES string of the molecule is CCn1nc(C)cc1CN1CCC(OCC(=O)O)CC1. The van der Waals surface area contributed by atoms with Crippen molar-refractivity contribution < 1.29 is 14.6 Å². The minimum atomic E-state index is -0.894. The third-order valence-corrected chi connectivity index (χ3v) is 3.65. The lowest BCUT2D eigenvalue weighted by Gasteiger charge is -2.31. The Balaban J connectivity index is 1.80. The summed E-state index contributed by atoms with van der Waals surface area (Å²) < 4.78 is 7.39. The second kappa shape index (κ2) is 6.85. The van der Waals surface area contributed by atoms with E-state index in [0.717, 1.165) is 44.7 Å². The molecule has 1 aliphatic heterocycles. The summed E-state index contributed by atoms with van der Waals surface area (Å²) in [6.07, 6.45) is 1.87. The minimum Gasteiger partial charge on any atom is -0.480 e. The van der Waals surface area contributed by atoms with E-state index in [4.69, 9.17) is 9.84 Å². The molecule has 1 saturated heterocycles. The van der Waals surface area contributed by atoms with Crippen LogP contribution in [-0.2, 0) is 22.6 Å². The Morgan fingerprint density at radius 1 is 1.50 bits per heavy atom. The van der Waals surface area contributed by atoms with Crippen molar-refractivity contribution in [3.63, 3.8) is 0 Å². The van der Waals surface area contributed by atoms with Gasteiger partial charge in [0.05, 0.1) is 17.5 Å². The minimum absolute atomic E-state index is 0.0835. The van der Waals surface area contributed by atoms with Crippen LogP contribution in [0.5, 0.6) is 0 Å². The van der Waals surface area contributed by atoms with Gasteiger partial charge in [-0.1, -0.05) is 0 Å². The molecule has 0 amide bonds. The number of aryl methyl sites for hydroxylation is 2. The first-order valence-corrected chi connectivity index (χ1v) is 7.17. The molecule has 0 aromatic carbocycles. The summed E-state index contributed by atoms with van der Waals surface area (Å²) in [4.78, 5) is 12.9. The highest BCUT2D eigenvalue weighted by atomic mass is 16.5. The number of ether oxygens (including phenoxy) is 1. The topological polar surface area (TPSA) is 67.6 Å². The van der Waals surface area contributed by atoms with Crippen molar-refractivity contribution in [2.75, 3.05) is 19.7 Å². The highest BCUT2D eigenvalue weighted by Crippen LogP contribution is 2.16. The molecule has 2 rings (SSSR count). The molecule has 1 fully saturated rings. The summed E-state index contributed by atoms with van der Waals surface area (Å²) in [5, 5.41) is 13.1. The molecule has 1 aromatic heterocycles. The number of carboxylic acid groups (broad SMARTS) is 1. The molecule has 6 nitrogen and oxygen atoms in total. The number of carboxylic acids is 1. The van der Waals surface area contributed by atoms with Gasteiger partial charge in [-0.2, -0.15) is 5.10 Å². The number of hydrogen-bond acceptors (Lipinski definition) is 4. The summed E-state index contributed by atoms with van der Waals surface area (Å²) in [5.74, 6) is -0.894. The summed E-state index contributed by atoms with van der Waals surface area (Å²) in [6, 6.07) is 2.14. The van der Waals surface area contributed by atoms with Crippen LogP contribution in [-0.4, -0.2) is 51.6 Å². The van der Waals surface area contributed by atoms with Crippen molar-refractivity contribution in [1.82, 2.24) is 14.7 Å². The Hall–Kier alpha value is -1.40. The summed E-state index contributed by atoms with van der Waals surface area (Å²) in [6.45, 7) is 7.61. The first kappa shape index (κ1) is 15.0. The second-order valence-electron chi connectivity index (χ2n) is 5.27. The van der Waals surface area contributed by atoms with Crippen LogP contribution in [0.25, 0.3) is 0 Å². The van der Waals surface area contributed by atoms with Gasteiger partial charge in [0, 0.05) is 26.2 Å². The molecule has 0 spiro atoms. The molecule has 0 aliphatic carbocycles. The van der Waals surface area contributed by atoms with Crippen LogP contribution in [0.3, 0.4) is 0 Å². The largest absolute Gasteiger partial charge is 0.480 e. The number of hydrogen-bond donors (Lipinski definition) is 1. The quantitative estimate of drug-likeness (QED) is 0.850. The summed E-state index contributed by atoms with van der Waals surface area (Å²) >= 11 is 0. The van der Waals surface area contributed by atoms with Crippen LogP contribution >= 0.6 is 0 Å². The van der Waals surface area contributed by atoms with Gasteiger partial charge in [0.1, 0.15) is 6.61 Å². The number of nitrogens with zero attached hydrogens (tertiary/aromatic N) is 3. The van der Waals surface area contributed by atoms with Crippen molar-refractivity contribution in [2.24, 2.45) is 0 Å². The normalized spacial score (nSPS) is 17.5. The zero-order valence-electron chi connectivity index (χ0n) is 12.2. The van der Waals surface area contributed by atoms with Gasteiger partial charge in [0.25, 0.3) is 0 Å². The van der Waals surface area contributed by atoms with Gasteiger partial charge in [-0.3, -0.25) is 9.58 Å². The van der Waals surface area contributed by atoms with E-state index >= 15 is 0 Å². The zero-order chi connectivity index (χ0) is 14.5. The third kappa shape index (κ3) is 4.05. The Labute approximate surface area is 119 Å². The molecule has 0 unspecified atom stereocenters. The van der Waals surface area contributed by atoms with Crippen LogP contribution < -0.4 is 0 Å². The van der Waals surface area contributed by atoms with Crippen molar-refractivity contribution in [3.8, 4) is 0 Å². The van der Waals surface area contributed by atoms with Gasteiger partial charge >= 0.3 is 5.97 Å². The van der Waals surface area contributed by atoms with Crippen molar-refractivity contribution in [2.45, 2.75) is 45.9 Å². The van der Waals surface area contributed by atoms with Gasteiger partial charge in [0.2, 0.25) is 0 Å². The van der Waals surface area contributed by atoms with E-state index in [1.165, 1.54) is 5.69 Å². The molecule has 0 atom stereocenters. The number of likely N-dealkylation sites (tertiary alicyclic amines) is 1. The Morgan fingerprint density at radius 2 is 2.20 bits per heavy atom. The lowest BCUT2D eigenvalue weighted by atomic mass is 10.1. The zero-order valence-corrected chi connectivity index (χ0v) is 12.2. The molecule has 0 bridgehead atoms. The molecule has 0 saturated carbocycles. The van der Waals surface area contributed by atoms with Gasteiger partial charge in [-0.15, -0.1) is 0 Å². The van der Waals surface area contributed by atoms with Crippen LogP contribution in [0.2, 0.25) is 0 Å². The van der Waals surface area contributed by atoms with Crippen molar-refractivity contribution in [1.29, 1.82) is 0 Å². The molecule has 1 aromatic rings. The average Bonchev–Trinajstić information content (AvgIpc) is 2.78. The smallest absolute Gasteiger partial charge is 0.329 e. The van der Waals surface area contributed by atoms with E-state index in [1.807, 2.05) is 11.6 Å². The van der Waals surface area contributed by atoms with E-state index < -0.39 is 5.97 Å². The van der Waals surface area contributed by atoms with E-state index in [1.54, 1.807) is 0 Å². The highest BCUT2D eigenvalue weighted by Gasteiger charge is 2.21. The molecule has 6 heteroatoms. The van der Waals surface area contributed by atoms with Crippen molar-refractivity contribution >= 4 is 5.97 Å². The van der Waals surface area contributed by atoms with Crippen LogP contribution in [0.1, 0.15) is 31.2 Å². The van der Waals surface area contributed by atoms with E-state index in [9.17, 15) is 4.79 Å². The monoisotopic (exact) mass is 281 g/mol. The lowest BCUT2D eigenvalue weighted by molar-refractivity contribution is -0.145.